The molecule has 0 bridgehead atoms. The molecule has 1 amide bonds. The summed E-state index contributed by atoms with van der Waals surface area (Å²) in [4.78, 5) is 34.7. The van der Waals surface area contributed by atoms with Crippen molar-refractivity contribution < 1.29 is 14.3 Å². The minimum Gasteiger partial charge on any atom is -0.496 e. The van der Waals surface area contributed by atoms with Gasteiger partial charge in [-0.15, -0.1) is 0 Å². The molecule has 1 N–H and O–H groups in total. The number of hydrogen-bond donors (Lipinski definition) is 1. The minimum absolute atomic E-state index is 0.0428. The average molecular weight is 520 g/mol. The summed E-state index contributed by atoms with van der Waals surface area (Å²) in [6.07, 6.45) is 3.15. The quantitative estimate of drug-likeness (QED) is 0.411. The number of fused-ring (bicyclic) bond motifs is 1. The van der Waals surface area contributed by atoms with Crippen LogP contribution in [0.4, 0.5) is 5.82 Å². The zero-order valence-corrected chi connectivity index (χ0v) is 23.1. The Bertz CT molecular complexity index is 1400. The molecule has 0 aliphatic carbocycles. The number of benzene rings is 1. The highest BCUT2D eigenvalue weighted by Gasteiger charge is 2.33. The number of anilines is 1. The van der Waals surface area contributed by atoms with Crippen LogP contribution < -0.4 is 20.3 Å². The van der Waals surface area contributed by atoms with Crippen LogP contribution in [0, 0.1) is 13.8 Å². The molecule has 202 valence electrons. The first-order valence-electron chi connectivity index (χ1n) is 12.9. The fraction of sp³-hybridized carbons (Fsp3) is 0.414. The second-order valence-corrected chi connectivity index (χ2v) is 9.53. The second-order valence-electron chi connectivity index (χ2n) is 9.53. The number of nitrogens with one attached hydrogen (secondary N) is 1. The first kappa shape index (κ1) is 27.2. The van der Waals surface area contributed by atoms with E-state index in [0.29, 0.717) is 49.1 Å². The molecular formula is C29H37N5O4. The number of likely N-dealkylation sites (N-methyl/N-ethyl adjacent to an activating group) is 1. The number of pyridine rings is 2. The first-order chi connectivity index (χ1) is 18.3. The van der Waals surface area contributed by atoms with Crippen LogP contribution >= 0.6 is 0 Å². The number of aromatic nitrogens is 2. The van der Waals surface area contributed by atoms with Gasteiger partial charge in [-0.3, -0.25) is 14.5 Å². The third-order valence-electron chi connectivity index (χ3n) is 7.58. The van der Waals surface area contributed by atoms with E-state index in [1.807, 2.05) is 43.7 Å². The Morgan fingerprint density at radius 1 is 1.18 bits per heavy atom. The smallest absolute Gasteiger partial charge is 0.258 e. The molecule has 4 rings (SSSR count). The molecule has 9 nitrogen and oxygen atoms in total. The Balaban J connectivity index is 1.80. The Kier molecular flexibility index (Phi) is 8.06. The van der Waals surface area contributed by atoms with Crippen LogP contribution in [-0.4, -0.2) is 78.7 Å². The van der Waals surface area contributed by atoms with E-state index in [0.717, 1.165) is 34.1 Å². The lowest BCUT2D eigenvalue weighted by Crippen LogP contribution is -2.61. The average Bonchev–Trinajstić information content (AvgIpc) is 2.90. The van der Waals surface area contributed by atoms with Gasteiger partial charge in [0.05, 0.1) is 19.7 Å². The van der Waals surface area contributed by atoms with Crippen LogP contribution in [0.25, 0.3) is 22.0 Å². The molecular weight excluding hydrogens is 482 g/mol. The maximum atomic E-state index is 14.2. The van der Waals surface area contributed by atoms with Crippen molar-refractivity contribution in [3.8, 4) is 22.6 Å². The van der Waals surface area contributed by atoms with Crippen LogP contribution in [0.15, 0.2) is 41.8 Å². The van der Waals surface area contributed by atoms with Crippen LogP contribution in [0.1, 0.15) is 18.1 Å². The van der Waals surface area contributed by atoms with E-state index in [1.165, 1.54) is 6.08 Å². The summed E-state index contributed by atoms with van der Waals surface area (Å²) in [5.74, 6) is 1.98. The van der Waals surface area contributed by atoms with Gasteiger partial charge in [0, 0.05) is 74.1 Å². The van der Waals surface area contributed by atoms with Gasteiger partial charge in [0.1, 0.15) is 17.3 Å². The van der Waals surface area contributed by atoms with Gasteiger partial charge in [0.25, 0.3) is 5.56 Å². The summed E-state index contributed by atoms with van der Waals surface area (Å²) >= 11 is 0. The zero-order chi connectivity index (χ0) is 27.6. The van der Waals surface area contributed by atoms with Gasteiger partial charge in [-0.05, 0) is 43.7 Å². The molecule has 1 saturated heterocycles. The van der Waals surface area contributed by atoms with Crippen molar-refractivity contribution in [1.29, 1.82) is 0 Å². The van der Waals surface area contributed by atoms with Crippen molar-refractivity contribution in [3.05, 3.63) is 58.5 Å². The molecule has 0 atom stereocenters. The van der Waals surface area contributed by atoms with Gasteiger partial charge < -0.3 is 24.3 Å². The van der Waals surface area contributed by atoms with E-state index in [4.69, 9.17) is 9.47 Å². The maximum Gasteiger partial charge on any atom is 0.258 e. The molecule has 1 aliphatic rings. The number of nitrogens with zero attached hydrogens (tertiary/aromatic N) is 4. The minimum atomic E-state index is -0.0830. The summed E-state index contributed by atoms with van der Waals surface area (Å²) in [5, 5.41) is 3.95. The fourth-order valence-electron chi connectivity index (χ4n) is 5.32. The molecule has 0 saturated carbocycles. The topological polar surface area (TPSA) is 88.9 Å². The molecule has 0 radical (unpaired) electrons. The molecule has 9 heteroatoms. The Labute approximate surface area is 223 Å². The lowest BCUT2D eigenvalue weighted by molar-refractivity contribution is -0.133. The fourth-order valence-corrected chi connectivity index (χ4v) is 5.32. The third kappa shape index (κ3) is 4.86. The summed E-state index contributed by atoms with van der Waals surface area (Å²) in [6, 6.07) is 5.94. The lowest BCUT2D eigenvalue weighted by atomic mass is 9.94. The molecule has 0 spiro atoms. The first-order valence-corrected chi connectivity index (χ1v) is 12.9. The molecule has 38 heavy (non-hydrogen) atoms. The highest BCUT2D eigenvalue weighted by Crippen LogP contribution is 2.38. The van der Waals surface area contributed by atoms with E-state index in [2.05, 4.69) is 28.7 Å². The third-order valence-corrected chi connectivity index (χ3v) is 7.58. The number of hydrogen-bond acceptors (Lipinski definition) is 7. The van der Waals surface area contributed by atoms with Crippen LogP contribution in [0.5, 0.6) is 11.5 Å². The van der Waals surface area contributed by atoms with Gasteiger partial charge in [-0.2, -0.15) is 0 Å². The second kappa shape index (κ2) is 11.3. The van der Waals surface area contributed by atoms with Crippen LogP contribution in [0.3, 0.4) is 0 Å². The number of carbonyl (C=O) groups is 1. The molecule has 2 aromatic heterocycles. The lowest BCUT2D eigenvalue weighted by Gasteiger charge is -2.44. The monoisotopic (exact) mass is 519 g/mol. The van der Waals surface area contributed by atoms with E-state index in [9.17, 15) is 9.59 Å². The standard InChI is InChI=1S/C29H37N5O4/c1-8-27(35)33-16-21(17-33)32(9-2)10-11-34-23-13-26(30-5)31-15-20(23)12-22(29(34)36)28-18(3)24(37-6)14-25(38-7)19(28)4/h8,12-15,21H,1,9-11,16-17H2,2-7H3,(H,30,31). The summed E-state index contributed by atoms with van der Waals surface area (Å²) < 4.78 is 13.1. The SMILES string of the molecule is C=CC(=O)N1CC(N(CC)CCn2c(=O)c(-c3c(C)c(OC)cc(OC)c3C)cc3cnc(NC)cc32)C1. The summed E-state index contributed by atoms with van der Waals surface area (Å²) in [6.45, 7) is 12.9. The number of rotatable bonds is 10. The van der Waals surface area contributed by atoms with Gasteiger partial charge in [0.15, 0.2) is 0 Å². The van der Waals surface area contributed by atoms with Crippen molar-refractivity contribution in [3.63, 3.8) is 0 Å². The van der Waals surface area contributed by atoms with E-state index in [1.54, 1.807) is 25.3 Å². The van der Waals surface area contributed by atoms with Crippen molar-refractivity contribution >= 4 is 22.6 Å². The molecule has 1 aromatic carbocycles. The predicted octanol–water partition coefficient (Wildman–Crippen LogP) is 3.46. The molecule has 0 unspecified atom stereocenters. The predicted molar refractivity (Wildman–Crippen MR) is 151 cm³/mol. The van der Waals surface area contributed by atoms with E-state index in [-0.39, 0.29) is 17.5 Å². The van der Waals surface area contributed by atoms with E-state index < -0.39 is 0 Å². The van der Waals surface area contributed by atoms with Crippen LogP contribution in [-0.2, 0) is 11.3 Å². The normalized spacial score (nSPS) is 13.5. The Morgan fingerprint density at radius 3 is 2.39 bits per heavy atom. The summed E-state index contributed by atoms with van der Waals surface area (Å²) in [5.41, 5.74) is 3.88. The molecule has 1 aliphatic heterocycles. The summed E-state index contributed by atoms with van der Waals surface area (Å²) in [7, 11) is 5.05. The molecule has 3 aromatic rings. The largest absolute Gasteiger partial charge is 0.496 e. The van der Waals surface area contributed by atoms with Gasteiger partial charge in [-0.25, -0.2) is 4.98 Å². The van der Waals surface area contributed by atoms with Crippen molar-refractivity contribution in [2.24, 2.45) is 0 Å². The Morgan fingerprint density at radius 2 is 1.84 bits per heavy atom. The zero-order valence-electron chi connectivity index (χ0n) is 23.1. The molecule has 3 heterocycles. The highest BCUT2D eigenvalue weighted by molar-refractivity contribution is 5.88. The van der Waals surface area contributed by atoms with E-state index >= 15 is 0 Å². The highest BCUT2D eigenvalue weighted by atomic mass is 16.5. The Hall–Kier alpha value is -3.85. The number of methoxy groups -OCH3 is 2. The van der Waals surface area contributed by atoms with Crippen molar-refractivity contribution in [2.45, 2.75) is 33.4 Å². The number of carbonyl (C=O) groups excluding carboxylic acids is 1. The van der Waals surface area contributed by atoms with Crippen LogP contribution in [0.2, 0.25) is 0 Å². The van der Waals surface area contributed by atoms with Crippen molar-refractivity contribution in [2.75, 3.05) is 52.8 Å². The number of ether oxygens (including phenoxy) is 2. The van der Waals surface area contributed by atoms with Gasteiger partial charge in [-0.1, -0.05) is 13.5 Å². The number of amides is 1. The number of likely N-dealkylation sites (tertiary alicyclic amines) is 1. The molecule has 1 fully saturated rings. The van der Waals surface area contributed by atoms with Crippen molar-refractivity contribution in [1.82, 2.24) is 19.4 Å². The van der Waals surface area contributed by atoms with Gasteiger partial charge in [0.2, 0.25) is 5.91 Å². The van der Waals surface area contributed by atoms with Gasteiger partial charge >= 0.3 is 0 Å². The maximum absolute atomic E-state index is 14.2.